The van der Waals surface area contributed by atoms with Gasteiger partial charge in [0.25, 0.3) is 5.09 Å². The van der Waals surface area contributed by atoms with Crippen molar-refractivity contribution in [2.45, 2.75) is 36.8 Å². The van der Waals surface area contributed by atoms with Gasteiger partial charge in [-0.2, -0.15) is 0 Å². The largest absolute Gasteiger partial charge is 0.388 e. The molecule has 3 heterocycles. The third-order valence-electron chi connectivity index (χ3n) is 5.39. The number of fused-ring (bicyclic) bond motifs is 1. The molecule has 2 aliphatic heterocycles. The summed E-state index contributed by atoms with van der Waals surface area (Å²) in [7, 11) is 4.19. The molecule has 0 amide bonds. The molecule has 10 heteroatoms. The fraction of sp³-hybridized carbons (Fsp3) is 0.500. The van der Waals surface area contributed by atoms with Crippen LogP contribution in [0.3, 0.4) is 0 Å². The molecule has 2 fully saturated rings. The molecule has 1 N–H and O–H groups in total. The molecule has 174 valence electrons. The van der Waals surface area contributed by atoms with E-state index >= 15 is 0 Å². The molecule has 9 nitrogen and oxygen atoms in total. The first-order valence-corrected chi connectivity index (χ1v) is 10.8. The second-order valence-corrected chi connectivity index (χ2v) is 8.42. The summed E-state index contributed by atoms with van der Waals surface area (Å²) >= 11 is 5.97. The van der Waals surface area contributed by atoms with Gasteiger partial charge < -0.3 is 24.3 Å². The first kappa shape index (κ1) is 24.3. The average Bonchev–Trinajstić information content (AvgIpc) is 3.33. The summed E-state index contributed by atoms with van der Waals surface area (Å²) in [5.41, 5.74) is 2.39. The maximum atomic E-state index is 10.0. The maximum Gasteiger partial charge on any atom is 0.294 e. The van der Waals surface area contributed by atoms with Gasteiger partial charge in [-0.15, -0.1) is 10.1 Å². The molecule has 0 bridgehead atoms. The number of halogens is 1. The number of hydrogen-bond acceptors (Lipinski definition) is 8. The van der Waals surface area contributed by atoms with Crippen molar-refractivity contribution in [1.82, 2.24) is 9.88 Å². The molecule has 5 atom stereocenters. The summed E-state index contributed by atoms with van der Waals surface area (Å²) < 4.78 is 10.2. The van der Waals surface area contributed by atoms with Crippen molar-refractivity contribution in [1.29, 1.82) is 0 Å². The summed E-state index contributed by atoms with van der Waals surface area (Å²) in [6.45, 7) is 1.27. The molecule has 0 saturated carbocycles. The zero-order chi connectivity index (χ0) is 23.1. The molecule has 2 aliphatic rings. The van der Waals surface area contributed by atoms with Crippen LogP contribution in [0.5, 0.6) is 0 Å². The molecule has 1 aromatic carbocycles. The highest BCUT2D eigenvalue weighted by molar-refractivity contribution is 6.30. The molecule has 1 unspecified atom stereocenters. The van der Waals surface area contributed by atoms with Gasteiger partial charge in [0.15, 0.2) is 6.10 Å². The van der Waals surface area contributed by atoms with E-state index in [0.29, 0.717) is 5.92 Å². The lowest BCUT2D eigenvalue weighted by molar-refractivity contribution is -0.769. The van der Waals surface area contributed by atoms with Crippen molar-refractivity contribution in [2.75, 3.05) is 33.9 Å². The fourth-order valence-corrected chi connectivity index (χ4v) is 3.92. The second-order valence-electron chi connectivity index (χ2n) is 7.98. The lowest BCUT2D eigenvalue weighted by atomic mass is 9.92. The predicted molar refractivity (Wildman–Crippen MR) is 118 cm³/mol. The number of rotatable bonds is 7. The number of aliphatic hydroxyl groups excluding tert-OH is 1. The minimum absolute atomic E-state index is 0.0906. The van der Waals surface area contributed by atoms with E-state index in [0.717, 1.165) is 23.7 Å². The Bertz CT molecular complexity index is 855. The topological polar surface area (TPSA) is 107 Å². The summed E-state index contributed by atoms with van der Waals surface area (Å²) in [5, 5.41) is 19.2. The van der Waals surface area contributed by atoms with E-state index in [4.69, 9.17) is 21.1 Å². The molecule has 0 aliphatic carbocycles. The Labute approximate surface area is 192 Å². The SMILES string of the molecule is CN(C)CCC(c1ccc(Cl)cc1)c1ccccn1.O=[N+]([O-])O[C@@H]1CO[C@H]2[C@@H]1OC[C@@H]2O. The van der Waals surface area contributed by atoms with E-state index in [2.05, 4.69) is 47.0 Å². The van der Waals surface area contributed by atoms with Crippen molar-refractivity contribution in [3.8, 4) is 0 Å². The Balaban J connectivity index is 0.000000193. The van der Waals surface area contributed by atoms with Gasteiger partial charge in [0.2, 0.25) is 0 Å². The van der Waals surface area contributed by atoms with Crippen molar-refractivity contribution in [3.63, 3.8) is 0 Å². The Morgan fingerprint density at radius 1 is 1.22 bits per heavy atom. The van der Waals surface area contributed by atoms with Gasteiger partial charge in [0.1, 0.15) is 18.3 Å². The first-order chi connectivity index (χ1) is 15.3. The average molecular weight is 466 g/mol. The lowest BCUT2D eigenvalue weighted by Gasteiger charge is -2.19. The summed E-state index contributed by atoms with van der Waals surface area (Å²) in [6, 6.07) is 14.2. The summed E-state index contributed by atoms with van der Waals surface area (Å²) in [6.07, 6.45) is 0.493. The van der Waals surface area contributed by atoms with E-state index < -0.39 is 29.5 Å². The zero-order valence-corrected chi connectivity index (χ0v) is 18.8. The zero-order valence-electron chi connectivity index (χ0n) is 18.0. The van der Waals surface area contributed by atoms with Gasteiger partial charge in [0, 0.05) is 22.8 Å². The molecule has 2 saturated heterocycles. The van der Waals surface area contributed by atoms with Gasteiger partial charge >= 0.3 is 0 Å². The number of nitrogens with zero attached hydrogens (tertiary/aromatic N) is 3. The van der Waals surface area contributed by atoms with E-state index in [9.17, 15) is 15.2 Å². The van der Waals surface area contributed by atoms with E-state index in [-0.39, 0.29) is 13.2 Å². The maximum absolute atomic E-state index is 10.0. The number of hydrogen-bond donors (Lipinski definition) is 1. The molecule has 1 aromatic heterocycles. The van der Waals surface area contributed by atoms with Gasteiger partial charge in [-0.1, -0.05) is 29.8 Å². The van der Waals surface area contributed by atoms with Crippen LogP contribution in [-0.4, -0.2) is 78.3 Å². The lowest BCUT2D eigenvalue weighted by Crippen LogP contribution is -2.33. The van der Waals surface area contributed by atoms with Crippen LogP contribution in [0.15, 0.2) is 48.7 Å². The molecular weight excluding hydrogens is 438 g/mol. The predicted octanol–water partition coefficient (Wildman–Crippen LogP) is 2.54. The number of ether oxygens (including phenoxy) is 2. The highest BCUT2D eigenvalue weighted by Crippen LogP contribution is 2.29. The van der Waals surface area contributed by atoms with Gasteiger partial charge in [-0.05, 0) is 56.9 Å². The molecular formula is C22H28ClN3O6. The third kappa shape index (κ3) is 6.60. The Kier molecular flexibility index (Phi) is 8.77. The minimum Gasteiger partial charge on any atom is -0.388 e. The molecule has 0 radical (unpaired) electrons. The number of pyridine rings is 1. The fourth-order valence-electron chi connectivity index (χ4n) is 3.79. The molecule has 4 rings (SSSR count). The van der Waals surface area contributed by atoms with Crippen LogP contribution < -0.4 is 0 Å². The normalized spacial score (nSPS) is 25.0. The van der Waals surface area contributed by atoms with Crippen LogP contribution in [0, 0.1) is 10.1 Å². The minimum atomic E-state index is -0.871. The second kappa shape index (κ2) is 11.5. The van der Waals surface area contributed by atoms with Crippen molar-refractivity contribution >= 4 is 11.6 Å². The van der Waals surface area contributed by atoms with Crippen molar-refractivity contribution in [2.24, 2.45) is 0 Å². The van der Waals surface area contributed by atoms with E-state index in [1.165, 1.54) is 5.56 Å². The highest BCUT2D eigenvalue weighted by Gasteiger charge is 2.48. The highest BCUT2D eigenvalue weighted by atomic mass is 35.5. The molecule has 2 aromatic rings. The van der Waals surface area contributed by atoms with Gasteiger partial charge in [-0.3, -0.25) is 4.98 Å². The van der Waals surface area contributed by atoms with E-state index in [1.54, 1.807) is 0 Å². The van der Waals surface area contributed by atoms with Crippen LogP contribution >= 0.6 is 11.6 Å². The standard InChI is InChI=1S/C16H19ClN2.C6H9NO6/c1-19(2)12-10-15(16-5-3-4-11-18-16)13-6-8-14(17)9-7-13;8-3-1-11-6-4(13-7(9)10)2-12-5(3)6/h3-9,11,15H,10,12H2,1-2H3;3-6,8H,1-2H2/t;3-,4+,5+,6+/m.0/s1. The number of aromatic nitrogens is 1. The van der Waals surface area contributed by atoms with Gasteiger partial charge in [-0.25, -0.2) is 0 Å². The Morgan fingerprint density at radius 2 is 1.94 bits per heavy atom. The van der Waals surface area contributed by atoms with Crippen LogP contribution in [0.25, 0.3) is 0 Å². The van der Waals surface area contributed by atoms with Crippen LogP contribution in [0.1, 0.15) is 23.6 Å². The Hall–Kier alpha value is -2.30. The van der Waals surface area contributed by atoms with E-state index in [1.807, 2.05) is 30.5 Å². The summed E-state index contributed by atoms with van der Waals surface area (Å²) in [5.74, 6) is 0.320. The van der Waals surface area contributed by atoms with Crippen LogP contribution in [-0.2, 0) is 14.3 Å². The quantitative estimate of drug-likeness (QED) is 0.491. The number of aliphatic hydroxyl groups is 1. The molecule has 32 heavy (non-hydrogen) atoms. The first-order valence-electron chi connectivity index (χ1n) is 10.4. The van der Waals surface area contributed by atoms with Gasteiger partial charge in [0.05, 0.1) is 13.2 Å². The smallest absolute Gasteiger partial charge is 0.294 e. The van der Waals surface area contributed by atoms with Crippen LogP contribution in [0.4, 0.5) is 0 Å². The van der Waals surface area contributed by atoms with Crippen LogP contribution in [0.2, 0.25) is 5.02 Å². The van der Waals surface area contributed by atoms with Crippen molar-refractivity contribution in [3.05, 3.63) is 75.1 Å². The Morgan fingerprint density at radius 3 is 2.56 bits per heavy atom. The number of benzene rings is 1. The monoisotopic (exact) mass is 465 g/mol. The van der Waals surface area contributed by atoms with Crippen molar-refractivity contribution < 1.29 is 24.5 Å². The molecule has 0 spiro atoms. The third-order valence-corrected chi connectivity index (χ3v) is 5.64. The summed E-state index contributed by atoms with van der Waals surface area (Å²) in [4.78, 5) is 21.1.